The fourth-order valence-electron chi connectivity index (χ4n) is 1.07. The van der Waals surface area contributed by atoms with Gasteiger partial charge >= 0.3 is 0 Å². The Morgan fingerprint density at radius 2 is 2.31 bits per heavy atom. The Balaban J connectivity index is 2.74. The zero-order valence-electron chi connectivity index (χ0n) is 8.52. The monoisotopic (exact) mass is 219 g/mol. The average molecular weight is 219 g/mol. The average Bonchev–Trinajstić information content (AvgIpc) is 2.31. The molecule has 0 heterocycles. The van der Waals surface area contributed by atoms with Crippen LogP contribution < -0.4 is 0 Å². The van der Waals surface area contributed by atoms with Crippen LogP contribution in [-0.4, -0.2) is 11.7 Å². The molecule has 1 aromatic carbocycles. The Bertz CT molecular complexity index is 470. The van der Waals surface area contributed by atoms with Gasteiger partial charge in [0.1, 0.15) is 5.82 Å². The van der Waals surface area contributed by atoms with E-state index in [1.54, 1.807) is 0 Å². The molecule has 1 N–H and O–H groups in total. The Kier molecular flexibility index (Phi) is 4.87. The van der Waals surface area contributed by atoms with Crippen molar-refractivity contribution in [2.24, 2.45) is 5.11 Å². The van der Waals surface area contributed by atoms with E-state index in [2.05, 4.69) is 21.9 Å². The Hall–Kier alpha value is -2.02. The number of rotatable bonds is 3. The maximum atomic E-state index is 13.2. The molecule has 0 spiro atoms. The third-order valence-electron chi connectivity index (χ3n) is 1.84. The van der Waals surface area contributed by atoms with Gasteiger partial charge in [0, 0.05) is 17.9 Å². The Morgan fingerprint density at radius 3 is 3.00 bits per heavy atom. The molecule has 0 saturated carbocycles. The van der Waals surface area contributed by atoms with Crippen LogP contribution in [0.25, 0.3) is 10.4 Å². The van der Waals surface area contributed by atoms with Crippen LogP contribution in [0, 0.1) is 17.7 Å². The van der Waals surface area contributed by atoms with Gasteiger partial charge in [-0.2, -0.15) is 0 Å². The van der Waals surface area contributed by atoms with Crippen LogP contribution in [0.5, 0.6) is 0 Å². The fourth-order valence-corrected chi connectivity index (χ4v) is 1.07. The maximum absolute atomic E-state index is 13.2. The molecule has 0 aliphatic heterocycles. The molecule has 0 unspecified atom stereocenters. The molecule has 0 aromatic heterocycles. The van der Waals surface area contributed by atoms with Crippen molar-refractivity contribution in [1.29, 1.82) is 0 Å². The minimum atomic E-state index is -0.423. The van der Waals surface area contributed by atoms with Crippen LogP contribution in [0.3, 0.4) is 0 Å². The van der Waals surface area contributed by atoms with E-state index in [-0.39, 0.29) is 18.7 Å². The van der Waals surface area contributed by atoms with E-state index in [0.29, 0.717) is 12.0 Å². The third kappa shape index (κ3) is 3.62. The van der Waals surface area contributed by atoms with Crippen molar-refractivity contribution in [2.75, 3.05) is 6.54 Å². The highest BCUT2D eigenvalue weighted by atomic mass is 19.1. The number of hydrogen-bond donors (Lipinski definition) is 1. The minimum Gasteiger partial charge on any atom is -0.392 e. The lowest BCUT2D eigenvalue weighted by Crippen LogP contribution is -1.89. The first kappa shape index (κ1) is 12.1. The number of halogens is 1. The number of hydrogen-bond acceptors (Lipinski definition) is 2. The van der Waals surface area contributed by atoms with E-state index in [4.69, 9.17) is 10.6 Å². The predicted octanol–water partition coefficient (Wildman–Crippen LogP) is 2.37. The van der Waals surface area contributed by atoms with Crippen molar-refractivity contribution in [1.82, 2.24) is 0 Å². The molecule has 0 aliphatic rings. The SMILES string of the molecule is [N-]=[N+]=NCCC#Cc1cc(CO)ccc1F. The van der Waals surface area contributed by atoms with Gasteiger partial charge in [0.05, 0.1) is 12.2 Å². The number of aliphatic hydroxyl groups excluding tert-OH is 1. The van der Waals surface area contributed by atoms with Crippen LogP contribution in [-0.2, 0) is 6.61 Å². The summed E-state index contributed by atoms with van der Waals surface area (Å²) < 4.78 is 13.2. The quantitative estimate of drug-likeness (QED) is 0.274. The Labute approximate surface area is 92.3 Å². The molecule has 0 fully saturated rings. The summed E-state index contributed by atoms with van der Waals surface area (Å²) in [7, 11) is 0. The standard InChI is InChI=1S/C11H10FN3O/c12-11-5-4-9(8-16)7-10(11)3-1-2-6-14-15-13/h4-5,7,16H,2,6,8H2. The highest BCUT2D eigenvalue weighted by Crippen LogP contribution is 2.09. The smallest absolute Gasteiger partial charge is 0.138 e. The summed E-state index contributed by atoms with van der Waals surface area (Å²) in [6, 6.07) is 4.26. The van der Waals surface area contributed by atoms with Crippen LogP contribution in [0.15, 0.2) is 23.3 Å². The van der Waals surface area contributed by atoms with Crippen molar-refractivity contribution in [3.8, 4) is 11.8 Å². The van der Waals surface area contributed by atoms with Gasteiger partial charge in [0.2, 0.25) is 0 Å². The maximum Gasteiger partial charge on any atom is 0.138 e. The highest BCUT2D eigenvalue weighted by Gasteiger charge is 1.99. The zero-order valence-corrected chi connectivity index (χ0v) is 8.52. The van der Waals surface area contributed by atoms with Gasteiger partial charge in [-0.15, -0.1) is 0 Å². The molecule has 0 saturated heterocycles. The van der Waals surface area contributed by atoms with Gasteiger partial charge in [-0.05, 0) is 23.2 Å². The van der Waals surface area contributed by atoms with E-state index in [1.165, 1.54) is 18.2 Å². The minimum absolute atomic E-state index is 0.145. The van der Waals surface area contributed by atoms with Crippen LogP contribution in [0.1, 0.15) is 17.5 Å². The first-order valence-corrected chi connectivity index (χ1v) is 4.67. The van der Waals surface area contributed by atoms with Crippen molar-refractivity contribution >= 4 is 0 Å². The van der Waals surface area contributed by atoms with Crippen molar-refractivity contribution in [2.45, 2.75) is 13.0 Å². The molecule has 4 nitrogen and oxygen atoms in total. The molecule has 16 heavy (non-hydrogen) atoms. The van der Waals surface area contributed by atoms with Gasteiger partial charge in [-0.3, -0.25) is 0 Å². The summed E-state index contributed by atoms with van der Waals surface area (Å²) in [5, 5.41) is 12.2. The second-order valence-electron chi connectivity index (χ2n) is 2.98. The van der Waals surface area contributed by atoms with Crippen LogP contribution in [0.2, 0.25) is 0 Å². The summed E-state index contributed by atoms with van der Waals surface area (Å²) in [5.74, 6) is 4.90. The summed E-state index contributed by atoms with van der Waals surface area (Å²) in [6.07, 6.45) is 0.382. The second-order valence-corrected chi connectivity index (χ2v) is 2.98. The molecule has 1 rings (SSSR count). The molecule has 0 amide bonds. The van der Waals surface area contributed by atoms with E-state index in [1.807, 2.05) is 0 Å². The number of nitrogens with zero attached hydrogens (tertiary/aromatic N) is 3. The summed E-state index contributed by atoms with van der Waals surface area (Å²) in [5.41, 5.74) is 8.87. The largest absolute Gasteiger partial charge is 0.392 e. The zero-order chi connectivity index (χ0) is 11.8. The van der Waals surface area contributed by atoms with Crippen molar-refractivity contribution < 1.29 is 9.50 Å². The molecule has 82 valence electrons. The van der Waals surface area contributed by atoms with Crippen molar-refractivity contribution in [3.05, 3.63) is 45.6 Å². The lowest BCUT2D eigenvalue weighted by molar-refractivity contribution is 0.281. The van der Waals surface area contributed by atoms with Gasteiger partial charge in [-0.1, -0.05) is 23.0 Å². The third-order valence-corrected chi connectivity index (χ3v) is 1.84. The summed E-state index contributed by atoms with van der Waals surface area (Å²) in [4.78, 5) is 2.58. The first-order valence-electron chi connectivity index (χ1n) is 4.67. The molecule has 5 heteroatoms. The molecular formula is C11H10FN3O. The second kappa shape index (κ2) is 6.46. The normalized spacial score (nSPS) is 8.88. The molecule has 1 aromatic rings. The number of aliphatic hydroxyl groups is 1. The van der Waals surface area contributed by atoms with E-state index in [9.17, 15) is 4.39 Å². The molecule has 0 aliphatic carbocycles. The Morgan fingerprint density at radius 1 is 1.50 bits per heavy atom. The highest BCUT2D eigenvalue weighted by molar-refractivity contribution is 5.38. The van der Waals surface area contributed by atoms with E-state index < -0.39 is 5.82 Å². The number of azide groups is 1. The first-order chi connectivity index (χ1) is 7.77. The predicted molar refractivity (Wildman–Crippen MR) is 57.8 cm³/mol. The lowest BCUT2D eigenvalue weighted by atomic mass is 10.1. The number of benzene rings is 1. The molecule has 0 radical (unpaired) electrons. The van der Waals surface area contributed by atoms with Gasteiger partial charge in [-0.25, -0.2) is 4.39 Å². The summed E-state index contributed by atoms with van der Waals surface area (Å²) in [6.45, 7) is 0.124. The van der Waals surface area contributed by atoms with Gasteiger partial charge < -0.3 is 5.11 Å². The van der Waals surface area contributed by atoms with E-state index in [0.717, 1.165) is 0 Å². The molecule has 0 atom stereocenters. The molecule has 0 bridgehead atoms. The topological polar surface area (TPSA) is 69.0 Å². The molecular weight excluding hydrogens is 209 g/mol. The fraction of sp³-hybridized carbons (Fsp3) is 0.273. The van der Waals surface area contributed by atoms with Gasteiger partial charge in [0.25, 0.3) is 0 Å². The van der Waals surface area contributed by atoms with Gasteiger partial charge in [0.15, 0.2) is 0 Å². The van der Waals surface area contributed by atoms with E-state index >= 15 is 0 Å². The van der Waals surface area contributed by atoms with Crippen LogP contribution >= 0.6 is 0 Å². The van der Waals surface area contributed by atoms with Crippen molar-refractivity contribution in [3.63, 3.8) is 0 Å². The summed E-state index contributed by atoms with van der Waals surface area (Å²) >= 11 is 0. The lowest BCUT2D eigenvalue weighted by Gasteiger charge is -1.98. The van der Waals surface area contributed by atoms with Crippen LogP contribution in [0.4, 0.5) is 4.39 Å².